The van der Waals surface area contributed by atoms with Gasteiger partial charge in [-0.05, 0) is 12.3 Å². The number of aromatic hydroxyl groups is 1. The number of thioether (sulfide) groups is 1. The number of benzene rings is 2. The van der Waals surface area contributed by atoms with E-state index >= 15 is 0 Å². The fourth-order valence-electron chi connectivity index (χ4n) is 2.08. The van der Waals surface area contributed by atoms with Crippen LogP contribution in [0.15, 0.2) is 50.6 Å². The molecule has 1 heterocycles. The van der Waals surface area contributed by atoms with Crippen molar-refractivity contribution >= 4 is 44.3 Å². The van der Waals surface area contributed by atoms with E-state index in [-0.39, 0.29) is 33.1 Å². The van der Waals surface area contributed by atoms with Crippen LogP contribution in [0.2, 0.25) is 0 Å². The van der Waals surface area contributed by atoms with E-state index in [1.807, 2.05) is 0 Å². The molecule has 0 fully saturated rings. The zero-order chi connectivity index (χ0) is 17.3. The largest absolute Gasteiger partial charge is 0.505 e. The number of nitrogens with one attached hydrogen (secondary N) is 1. The summed E-state index contributed by atoms with van der Waals surface area (Å²) in [6.45, 7) is 0. The topological polar surface area (TPSA) is 141 Å². The van der Waals surface area contributed by atoms with Crippen LogP contribution in [0.4, 0.5) is 11.6 Å². The molecule has 0 bridgehead atoms. The summed E-state index contributed by atoms with van der Waals surface area (Å²) >= 11 is 1.31. The number of phenols is 1. The van der Waals surface area contributed by atoms with Gasteiger partial charge in [-0.25, -0.2) is 5.10 Å². The fraction of sp³-hybridized carbons (Fsp3) is 0.0769. The Hall–Kier alpha value is -2.50. The summed E-state index contributed by atoms with van der Waals surface area (Å²) in [6, 6.07) is 7.25. The summed E-state index contributed by atoms with van der Waals surface area (Å²) in [6.07, 6.45) is 1.79. The Morgan fingerprint density at radius 2 is 1.92 bits per heavy atom. The third kappa shape index (κ3) is 3.09. The smallest absolute Gasteiger partial charge is 0.295 e. The summed E-state index contributed by atoms with van der Waals surface area (Å²) in [5, 5.41) is 25.1. The van der Waals surface area contributed by atoms with E-state index in [0.29, 0.717) is 5.16 Å². The number of H-pyrrole nitrogens is 1. The van der Waals surface area contributed by atoms with Crippen molar-refractivity contribution in [1.29, 1.82) is 0 Å². The number of nitrogens with zero attached hydrogens (tertiary/aromatic N) is 4. The number of aromatic nitrogens is 3. The maximum absolute atomic E-state index is 11.6. The molecule has 1 aromatic heterocycles. The van der Waals surface area contributed by atoms with Gasteiger partial charge < -0.3 is 5.11 Å². The van der Waals surface area contributed by atoms with Crippen molar-refractivity contribution in [2.24, 2.45) is 10.2 Å². The highest BCUT2D eigenvalue weighted by molar-refractivity contribution is 7.98. The van der Waals surface area contributed by atoms with Gasteiger partial charge in [0.15, 0.2) is 5.75 Å². The van der Waals surface area contributed by atoms with Crippen LogP contribution in [-0.4, -0.2) is 39.5 Å². The SMILES string of the molecule is CSc1n[nH]c(N=Nc2cc(S(=O)(=O)O)c3ccccc3c2O)n1. The fourth-order valence-corrected chi connectivity index (χ4v) is 3.11. The van der Waals surface area contributed by atoms with Gasteiger partial charge in [0.25, 0.3) is 16.1 Å². The van der Waals surface area contributed by atoms with Gasteiger partial charge >= 0.3 is 0 Å². The molecule has 0 radical (unpaired) electrons. The summed E-state index contributed by atoms with van der Waals surface area (Å²) in [5.41, 5.74) is -0.122. The molecule has 0 aliphatic carbocycles. The molecule has 0 atom stereocenters. The van der Waals surface area contributed by atoms with Crippen LogP contribution in [0.3, 0.4) is 0 Å². The molecule has 3 rings (SSSR count). The molecule has 11 heteroatoms. The molecule has 0 unspecified atom stereocenters. The summed E-state index contributed by atoms with van der Waals surface area (Å²) in [7, 11) is -4.50. The highest BCUT2D eigenvalue weighted by atomic mass is 32.2. The van der Waals surface area contributed by atoms with Gasteiger partial charge in [0.2, 0.25) is 5.16 Å². The average molecular weight is 365 g/mol. The standard InChI is InChI=1S/C13H11N5O4S2/c1-23-13-14-12(17-18-13)16-15-9-6-10(24(20,21)22)7-4-2-3-5-8(7)11(9)19/h2-6,19H,1H3,(H,14,17,18)(H,20,21,22). The monoisotopic (exact) mass is 365 g/mol. The Morgan fingerprint density at radius 1 is 1.21 bits per heavy atom. The van der Waals surface area contributed by atoms with E-state index in [0.717, 1.165) is 6.07 Å². The number of fused-ring (bicyclic) bond motifs is 1. The van der Waals surface area contributed by atoms with Gasteiger partial charge in [0.1, 0.15) is 10.6 Å². The van der Waals surface area contributed by atoms with Gasteiger partial charge in [0.05, 0.1) is 0 Å². The first-order valence-corrected chi connectivity index (χ1v) is 9.17. The lowest BCUT2D eigenvalue weighted by Crippen LogP contribution is -1.99. The van der Waals surface area contributed by atoms with Crippen LogP contribution in [-0.2, 0) is 10.1 Å². The Morgan fingerprint density at radius 3 is 2.54 bits per heavy atom. The van der Waals surface area contributed by atoms with Crippen LogP contribution in [0.1, 0.15) is 0 Å². The second kappa shape index (κ2) is 6.19. The van der Waals surface area contributed by atoms with Gasteiger partial charge in [-0.2, -0.15) is 13.4 Å². The molecular formula is C13H11N5O4S2. The first kappa shape index (κ1) is 16.4. The van der Waals surface area contributed by atoms with Crippen LogP contribution >= 0.6 is 11.8 Å². The minimum Gasteiger partial charge on any atom is -0.505 e. The molecule has 3 aromatic rings. The minimum atomic E-state index is -4.50. The van der Waals surface area contributed by atoms with Gasteiger partial charge in [0, 0.05) is 10.8 Å². The second-order valence-corrected chi connectivity index (χ2v) is 6.77. The predicted octanol–water partition coefficient (Wildman–Crippen LogP) is 3.05. The lowest BCUT2D eigenvalue weighted by atomic mass is 10.1. The van der Waals surface area contributed by atoms with E-state index in [1.165, 1.54) is 23.9 Å². The maximum Gasteiger partial charge on any atom is 0.295 e. The van der Waals surface area contributed by atoms with E-state index < -0.39 is 10.1 Å². The Labute approximate surface area is 140 Å². The predicted molar refractivity (Wildman–Crippen MR) is 87.8 cm³/mol. The lowest BCUT2D eigenvalue weighted by Gasteiger charge is -2.08. The van der Waals surface area contributed by atoms with Crippen molar-refractivity contribution in [1.82, 2.24) is 15.2 Å². The number of phenolic OH excluding ortho intramolecular Hbond substituents is 1. The summed E-state index contributed by atoms with van der Waals surface area (Å²) in [5.74, 6) is -0.160. The minimum absolute atomic E-state index is 0.0975. The molecule has 0 saturated heterocycles. The molecule has 0 saturated carbocycles. The number of azo groups is 1. The van der Waals surface area contributed by atoms with Gasteiger partial charge in [-0.3, -0.25) is 4.55 Å². The lowest BCUT2D eigenvalue weighted by molar-refractivity contribution is 0.480. The number of rotatable bonds is 4. The third-order valence-electron chi connectivity index (χ3n) is 3.12. The quantitative estimate of drug-likeness (QED) is 0.366. The Kier molecular flexibility index (Phi) is 4.22. The van der Waals surface area contributed by atoms with Crippen LogP contribution < -0.4 is 0 Å². The third-order valence-corrected chi connectivity index (χ3v) is 4.57. The van der Waals surface area contributed by atoms with Crippen molar-refractivity contribution in [3.63, 3.8) is 0 Å². The Bertz CT molecular complexity index is 1050. The zero-order valence-corrected chi connectivity index (χ0v) is 13.8. The van der Waals surface area contributed by atoms with Gasteiger partial charge in [-0.15, -0.1) is 15.3 Å². The molecule has 0 aliphatic heterocycles. The van der Waals surface area contributed by atoms with Crippen molar-refractivity contribution in [3.05, 3.63) is 30.3 Å². The number of hydrogen-bond donors (Lipinski definition) is 3. The second-order valence-electron chi connectivity index (χ2n) is 4.61. The van der Waals surface area contributed by atoms with Gasteiger partial charge in [-0.1, -0.05) is 36.0 Å². The molecule has 24 heavy (non-hydrogen) atoms. The first-order chi connectivity index (χ1) is 11.4. The highest BCUT2D eigenvalue weighted by Crippen LogP contribution is 2.39. The van der Waals surface area contributed by atoms with Crippen molar-refractivity contribution < 1.29 is 18.1 Å². The molecular weight excluding hydrogens is 354 g/mol. The summed E-state index contributed by atoms with van der Waals surface area (Å²) < 4.78 is 32.6. The molecule has 0 amide bonds. The van der Waals surface area contributed by atoms with Crippen LogP contribution in [0.5, 0.6) is 5.75 Å². The van der Waals surface area contributed by atoms with Crippen molar-refractivity contribution in [3.8, 4) is 5.75 Å². The molecule has 124 valence electrons. The average Bonchev–Trinajstić information content (AvgIpc) is 3.01. The molecule has 2 aromatic carbocycles. The van der Waals surface area contributed by atoms with Crippen LogP contribution in [0, 0.1) is 0 Å². The number of hydrogen-bond acceptors (Lipinski definition) is 8. The number of aromatic amines is 1. The molecule has 0 aliphatic rings. The van der Waals surface area contributed by atoms with E-state index in [4.69, 9.17) is 0 Å². The Balaban J connectivity index is 2.16. The van der Waals surface area contributed by atoms with E-state index in [9.17, 15) is 18.1 Å². The first-order valence-electron chi connectivity index (χ1n) is 6.50. The van der Waals surface area contributed by atoms with Crippen molar-refractivity contribution in [2.45, 2.75) is 10.1 Å². The van der Waals surface area contributed by atoms with Crippen molar-refractivity contribution in [2.75, 3.05) is 6.26 Å². The van der Waals surface area contributed by atoms with Crippen LogP contribution in [0.25, 0.3) is 10.8 Å². The van der Waals surface area contributed by atoms with E-state index in [2.05, 4.69) is 25.4 Å². The molecule has 0 spiro atoms. The summed E-state index contributed by atoms with van der Waals surface area (Å²) in [4.78, 5) is 3.63. The van der Waals surface area contributed by atoms with E-state index in [1.54, 1.807) is 18.4 Å². The maximum atomic E-state index is 11.6. The normalized spacial score (nSPS) is 12.2. The molecule has 3 N–H and O–H groups in total. The highest BCUT2D eigenvalue weighted by Gasteiger charge is 2.19. The zero-order valence-electron chi connectivity index (χ0n) is 12.2. The molecule has 9 nitrogen and oxygen atoms in total.